The molecule has 0 saturated heterocycles. The fourth-order valence-electron chi connectivity index (χ4n) is 1.93. The molecule has 1 aromatic rings. The van der Waals surface area contributed by atoms with Crippen LogP contribution in [0, 0.1) is 6.92 Å². The van der Waals surface area contributed by atoms with E-state index in [-0.39, 0.29) is 0 Å². The van der Waals surface area contributed by atoms with Gasteiger partial charge in [0, 0.05) is 0 Å². The molecule has 0 amide bonds. The monoisotopic (exact) mass is 301 g/mol. The first-order chi connectivity index (χ1) is 8.15. The Kier molecular flexibility index (Phi) is 5.78. The van der Waals surface area contributed by atoms with Gasteiger partial charge in [0.15, 0.2) is 0 Å². The Hall–Kier alpha value is -0.740. The molecule has 2 N–H and O–H groups in total. The molecule has 0 bridgehead atoms. The normalized spacial score (nSPS) is 10.4. The van der Waals surface area contributed by atoms with E-state index in [9.17, 15) is 0 Å². The summed E-state index contributed by atoms with van der Waals surface area (Å²) in [6.07, 6.45) is 3.08. The lowest BCUT2D eigenvalue weighted by atomic mass is 10.0. The first kappa shape index (κ1) is 14.3. The summed E-state index contributed by atoms with van der Waals surface area (Å²) in [4.78, 5) is 0. The van der Waals surface area contributed by atoms with E-state index in [1.165, 1.54) is 5.56 Å². The molecule has 0 atom stereocenters. The molecular formula is C13H20BrNO2. The minimum absolute atomic E-state index is 0.735. The Balaban J connectivity index is 3.04. The maximum absolute atomic E-state index is 5.51. The van der Waals surface area contributed by atoms with Crippen LogP contribution in [0.25, 0.3) is 0 Å². The van der Waals surface area contributed by atoms with Crippen molar-refractivity contribution in [3.8, 4) is 11.5 Å². The molecular weight excluding hydrogens is 282 g/mol. The van der Waals surface area contributed by atoms with E-state index < -0.39 is 0 Å². The van der Waals surface area contributed by atoms with Gasteiger partial charge in [-0.1, -0.05) is 0 Å². The van der Waals surface area contributed by atoms with Crippen molar-refractivity contribution in [3.63, 3.8) is 0 Å². The fourth-order valence-corrected chi connectivity index (χ4v) is 2.82. The maximum atomic E-state index is 5.51. The number of halogens is 1. The molecule has 4 heteroatoms. The first-order valence-corrected chi connectivity index (χ1v) is 6.55. The molecule has 0 fully saturated rings. The van der Waals surface area contributed by atoms with Crippen molar-refractivity contribution in [2.24, 2.45) is 5.73 Å². The lowest BCUT2D eigenvalue weighted by molar-refractivity contribution is 0.384. The zero-order valence-corrected chi connectivity index (χ0v) is 12.3. The van der Waals surface area contributed by atoms with Crippen LogP contribution in [0.4, 0.5) is 0 Å². The van der Waals surface area contributed by atoms with Gasteiger partial charge in [0.1, 0.15) is 16.0 Å². The van der Waals surface area contributed by atoms with Crippen LogP contribution in [-0.2, 0) is 6.42 Å². The molecule has 0 aliphatic carbocycles. The summed E-state index contributed by atoms with van der Waals surface area (Å²) < 4.78 is 11.7. The Morgan fingerprint density at radius 2 is 1.82 bits per heavy atom. The Morgan fingerprint density at radius 3 is 2.35 bits per heavy atom. The molecule has 0 spiro atoms. The summed E-state index contributed by atoms with van der Waals surface area (Å²) in [7, 11) is 3.35. The average molecular weight is 302 g/mol. The van der Waals surface area contributed by atoms with Crippen molar-refractivity contribution < 1.29 is 9.47 Å². The number of nitrogens with two attached hydrogens (primary N) is 1. The molecule has 3 nitrogen and oxygen atoms in total. The molecule has 1 rings (SSSR count). The summed E-state index contributed by atoms with van der Waals surface area (Å²) in [5.41, 5.74) is 7.82. The second-order valence-corrected chi connectivity index (χ2v) is 4.77. The third kappa shape index (κ3) is 3.36. The Morgan fingerprint density at radius 1 is 1.18 bits per heavy atom. The van der Waals surface area contributed by atoms with Crippen LogP contribution in [0.15, 0.2) is 10.5 Å². The highest BCUT2D eigenvalue weighted by Gasteiger charge is 2.15. The minimum Gasteiger partial charge on any atom is -0.495 e. The SMILES string of the molecule is COc1c(C)cc(CCCCN)c(OC)c1Br. The highest BCUT2D eigenvalue weighted by Crippen LogP contribution is 2.40. The first-order valence-electron chi connectivity index (χ1n) is 5.75. The Bertz CT molecular complexity index is 380. The van der Waals surface area contributed by atoms with Gasteiger partial charge in [0.2, 0.25) is 0 Å². The van der Waals surface area contributed by atoms with Crippen molar-refractivity contribution in [1.82, 2.24) is 0 Å². The summed E-state index contributed by atoms with van der Waals surface area (Å²) in [5, 5.41) is 0. The zero-order chi connectivity index (χ0) is 12.8. The highest BCUT2D eigenvalue weighted by molar-refractivity contribution is 9.10. The number of methoxy groups -OCH3 is 2. The molecule has 17 heavy (non-hydrogen) atoms. The second kappa shape index (κ2) is 6.87. The molecule has 0 aromatic heterocycles. The summed E-state index contributed by atoms with van der Waals surface area (Å²) >= 11 is 3.54. The minimum atomic E-state index is 0.735. The largest absolute Gasteiger partial charge is 0.495 e. The molecule has 0 heterocycles. The topological polar surface area (TPSA) is 44.5 Å². The average Bonchev–Trinajstić information content (AvgIpc) is 2.30. The molecule has 0 aliphatic heterocycles. The van der Waals surface area contributed by atoms with Gasteiger partial charge < -0.3 is 15.2 Å². The van der Waals surface area contributed by atoms with Crippen LogP contribution in [-0.4, -0.2) is 20.8 Å². The molecule has 0 aliphatic rings. The van der Waals surface area contributed by atoms with Crippen LogP contribution in [0.1, 0.15) is 24.0 Å². The quantitative estimate of drug-likeness (QED) is 0.821. The summed E-state index contributed by atoms with van der Waals surface area (Å²) in [5.74, 6) is 1.70. The maximum Gasteiger partial charge on any atom is 0.140 e. The van der Waals surface area contributed by atoms with Gasteiger partial charge >= 0.3 is 0 Å². The van der Waals surface area contributed by atoms with Crippen molar-refractivity contribution in [2.45, 2.75) is 26.2 Å². The predicted molar refractivity (Wildman–Crippen MR) is 74.0 cm³/mol. The molecule has 0 radical (unpaired) electrons. The highest BCUT2D eigenvalue weighted by atomic mass is 79.9. The third-order valence-corrected chi connectivity index (χ3v) is 3.47. The van der Waals surface area contributed by atoms with Crippen LogP contribution in [0.2, 0.25) is 0 Å². The number of unbranched alkanes of at least 4 members (excludes halogenated alkanes) is 1. The Labute approximate surface area is 111 Å². The number of hydrogen-bond acceptors (Lipinski definition) is 3. The van der Waals surface area contributed by atoms with Crippen molar-refractivity contribution >= 4 is 15.9 Å². The standard InChI is InChI=1S/C13H20BrNO2/c1-9-8-10(6-4-5-7-15)13(17-3)11(14)12(9)16-2/h8H,4-7,15H2,1-3H3. The summed E-state index contributed by atoms with van der Waals surface area (Å²) in [6.45, 7) is 2.77. The van der Waals surface area contributed by atoms with Crippen molar-refractivity contribution in [2.75, 3.05) is 20.8 Å². The predicted octanol–water partition coefficient (Wildman–Crippen LogP) is 3.06. The van der Waals surface area contributed by atoms with Crippen LogP contribution >= 0.6 is 15.9 Å². The van der Waals surface area contributed by atoms with Gasteiger partial charge in [0.05, 0.1) is 14.2 Å². The van der Waals surface area contributed by atoms with Gasteiger partial charge in [-0.15, -0.1) is 0 Å². The van der Waals surface area contributed by atoms with Crippen LogP contribution in [0.3, 0.4) is 0 Å². The van der Waals surface area contributed by atoms with E-state index in [2.05, 4.69) is 22.0 Å². The smallest absolute Gasteiger partial charge is 0.140 e. The second-order valence-electron chi connectivity index (χ2n) is 3.98. The van der Waals surface area contributed by atoms with Gasteiger partial charge in [-0.25, -0.2) is 0 Å². The number of ether oxygens (including phenoxy) is 2. The fraction of sp³-hybridized carbons (Fsp3) is 0.538. The van der Waals surface area contributed by atoms with E-state index in [1.807, 2.05) is 6.92 Å². The van der Waals surface area contributed by atoms with Gasteiger partial charge in [-0.05, 0) is 65.9 Å². The lowest BCUT2D eigenvalue weighted by Gasteiger charge is -2.15. The number of aryl methyl sites for hydroxylation is 2. The van der Waals surface area contributed by atoms with Crippen LogP contribution < -0.4 is 15.2 Å². The lowest BCUT2D eigenvalue weighted by Crippen LogP contribution is -2.01. The molecule has 0 saturated carbocycles. The summed E-state index contributed by atoms with van der Waals surface area (Å²) in [6, 6.07) is 2.12. The van der Waals surface area contributed by atoms with Crippen LogP contribution in [0.5, 0.6) is 11.5 Å². The van der Waals surface area contributed by atoms with Gasteiger partial charge in [-0.3, -0.25) is 0 Å². The van der Waals surface area contributed by atoms with E-state index in [4.69, 9.17) is 15.2 Å². The van der Waals surface area contributed by atoms with Crippen molar-refractivity contribution in [1.29, 1.82) is 0 Å². The van der Waals surface area contributed by atoms with Crippen molar-refractivity contribution in [3.05, 3.63) is 21.7 Å². The van der Waals surface area contributed by atoms with E-state index >= 15 is 0 Å². The van der Waals surface area contributed by atoms with E-state index in [0.29, 0.717) is 0 Å². The van der Waals surface area contributed by atoms with E-state index in [1.54, 1.807) is 14.2 Å². The number of hydrogen-bond donors (Lipinski definition) is 1. The van der Waals surface area contributed by atoms with Gasteiger partial charge in [0.25, 0.3) is 0 Å². The molecule has 96 valence electrons. The zero-order valence-electron chi connectivity index (χ0n) is 10.7. The number of benzene rings is 1. The van der Waals surface area contributed by atoms with Gasteiger partial charge in [-0.2, -0.15) is 0 Å². The third-order valence-electron chi connectivity index (χ3n) is 2.75. The van der Waals surface area contributed by atoms with E-state index in [0.717, 1.165) is 47.3 Å². The number of rotatable bonds is 6. The molecule has 1 aromatic carbocycles. The molecule has 0 unspecified atom stereocenters.